The summed E-state index contributed by atoms with van der Waals surface area (Å²) in [5.41, 5.74) is 1.95. The van der Waals surface area contributed by atoms with Crippen LogP contribution in [0.15, 0.2) is 22.8 Å². The van der Waals surface area contributed by atoms with E-state index in [1.807, 2.05) is 23.7 Å². The Kier molecular flexibility index (Phi) is 5.26. The number of aromatic nitrogens is 2. The van der Waals surface area contributed by atoms with Crippen LogP contribution in [0, 0.1) is 6.92 Å². The van der Waals surface area contributed by atoms with Crippen LogP contribution in [-0.4, -0.2) is 16.3 Å². The van der Waals surface area contributed by atoms with Crippen LogP contribution < -0.4 is 5.32 Å². The molecule has 0 aliphatic rings. The number of nitrogens with one attached hydrogen (secondary N) is 1. The van der Waals surface area contributed by atoms with Gasteiger partial charge in [-0.25, -0.2) is 0 Å². The van der Waals surface area contributed by atoms with Crippen molar-refractivity contribution in [1.82, 2.24) is 15.1 Å². The average molecular weight is 296 g/mol. The van der Waals surface area contributed by atoms with Crippen molar-refractivity contribution in [2.75, 3.05) is 6.54 Å². The van der Waals surface area contributed by atoms with E-state index in [2.05, 4.69) is 24.3 Å². The number of hydrogen-bond acceptors (Lipinski definition) is 3. The van der Waals surface area contributed by atoms with Gasteiger partial charge in [0, 0.05) is 13.0 Å². The molecule has 2 heterocycles. The SMILES string of the molecule is CCCNC(Cc1c(Cl)c(C)nn1CC)c1ccco1. The molecule has 4 nitrogen and oxygen atoms in total. The van der Waals surface area contributed by atoms with Gasteiger partial charge in [0.15, 0.2) is 0 Å². The second-order valence-corrected chi connectivity index (χ2v) is 5.27. The molecule has 0 amide bonds. The monoisotopic (exact) mass is 295 g/mol. The van der Waals surface area contributed by atoms with Gasteiger partial charge < -0.3 is 9.73 Å². The molecule has 0 aliphatic heterocycles. The topological polar surface area (TPSA) is 43.0 Å². The van der Waals surface area contributed by atoms with E-state index >= 15 is 0 Å². The van der Waals surface area contributed by atoms with Crippen LogP contribution in [0.3, 0.4) is 0 Å². The van der Waals surface area contributed by atoms with Crippen LogP contribution in [0.2, 0.25) is 5.02 Å². The minimum Gasteiger partial charge on any atom is -0.468 e. The van der Waals surface area contributed by atoms with Gasteiger partial charge in [-0.3, -0.25) is 4.68 Å². The number of hydrogen-bond donors (Lipinski definition) is 1. The standard InChI is InChI=1S/C15H22ClN3O/c1-4-8-17-12(14-7-6-9-20-14)10-13-15(16)11(3)18-19(13)5-2/h6-7,9,12,17H,4-5,8,10H2,1-3H3. The first-order valence-electron chi connectivity index (χ1n) is 7.15. The molecule has 2 rings (SSSR count). The van der Waals surface area contributed by atoms with Gasteiger partial charge in [-0.1, -0.05) is 18.5 Å². The van der Waals surface area contributed by atoms with E-state index in [4.69, 9.17) is 16.0 Å². The lowest BCUT2D eigenvalue weighted by Gasteiger charge is -2.17. The fourth-order valence-corrected chi connectivity index (χ4v) is 2.55. The highest BCUT2D eigenvalue weighted by Crippen LogP contribution is 2.26. The third-order valence-electron chi connectivity index (χ3n) is 3.38. The van der Waals surface area contributed by atoms with Crippen molar-refractivity contribution in [3.05, 3.63) is 40.6 Å². The first-order valence-corrected chi connectivity index (χ1v) is 7.53. The summed E-state index contributed by atoms with van der Waals surface area (Å²) in [6.07, 6.45) is 3.57. The van der Waals surface area contributed by atoms with Crippen LogP contribution >= 0.6 is 11.6 Å². The number of nitrogens with zero attached hydrogens (tertiary/aromatic N) is 2. The Morgan fingerprint density at radius 3 is 2.85 bits per heavy atom. The molecule has 5 heteroatoms. The van der Waals surface area contributed by atoms with Crippen molar-refractivity contribution in [3.63, 3.8) is 0 Å². The normalized spacial score (nSPS) is 12.8. The van der Waals surface area contributed by atoms with Gasteiger partial charge in [-0.05, 0) is 38.9 Å². The van der Waals surface area contributed by atoms with Gasteiger partial charge in [0.05, 0.1) is 28.7 Å². The summed E-state index contributed by atoms with van der Waals surface area (Å²) in [4.78, 5) is 0. The highest BCUT2D eigenvalue weighted by Gasteiger charge is 2.20. The number of aryl methyl sites for hydroxylation is 2. The molecule has 0 aromatic carbocycles. The summed E-state index contributed by atoms with van der Waals surface area (Å²) < 4.78 is 7.52. The molecule has 0 aliphatic carbocycles. The maximum absolute atomic E-state index is 6.39. The van der Waals surface area contributed by atoms with Gasteiger partial charge in [-0.2, -0.15) is 5.10 Å². The molecular formula is C15H22ClN3O. The highest BCUT2D eigenvalue weighted by molar-refractivity contribution is 6.31. The van der Waals surface area contributed by atoms with Gasteiger partial charge in [0.25, 0.3) is 0 Å². The zero-order valence-corrected chi connectivity index (χ0v) is 13.1. The maximum atomic E-state index is 6.39. The number of rotatable bonds is 7. The van der Waals surface area contributed by atoms with Crippen molar-refractivity contribution in [3.8, 4) is 0 Å². The molecule has 110 valence electrons. The van der Waals surface area contributed by atoms with E-state index < -0.39 is 0 Å². The fourth-order valence-electron chi connectivity index (χ4n) is 2.34. The van der Waals surface area contributed by atoms with Crippen molar-refractivity contribution in [1.29, 1.82) is 0 Å². The van der Waals surface area contributed by atoms with Crippen LogP contribution in [-0.2, 0) is 13.0 Å². The van der Waals surface area contributed by atoms with Gasteiger partial charge in [-0.15, -0.1) is 0 Å². The van der Waals surface area contributed by atoms with Crippen LogP contribution in [0.1, 0.15) is 43.5 Å². The van der Waals surface area contributed by atoms with Crippen LogP contribution in [0.25, 0.3) is 0 Å². The van der Waals surface area contributed by atoms with E-state index in [0.717, 1.165) is 48.1 Å². The Labute approximate surface area is 125 Å². The first-order chi connectivity index (χ1) is 9.67. The molecule has 1 N–H and O–H groups in total. The molecule has 0 radical (unpaired) electrons. The van der Waals surface area contributed by atoms with E-state index in [0.29, 0.717) is 0 Å². The molecule has 0 saturated carbocycles. The van der Waals surface area contributed by atoms with E-state index in [9.17, 15) is 0 Å². The first kappa shape index (κ1) is 15.1. The lowest BCUT2D eigenvalue weighted by atomic mass is 10.1. The molecule has 20 heavy (non-hydrogen) atoms. The van der Waals surface area contributed by atoms with Gasteiger partial charge in [0.1, 0.15) is 5.76 Å². The molecule has 0 bridgehead atoms. The Balaban J connectivity index is 2.23. The summed E-state index contributed by atoms with van der Waals surface area (Å²) in [6.45, 7) is 7.94. The van der Waals surface area contributed by atoms with Crippen molar-refractivity contribution in [2.24, 2.45) is 0 Å². The van der Waals surface area contributed by atoms with E-state index in [-0.39, 0.29) is 6.04 Å². The third kappa shape index (κ3) is 3.25. The van der Waals surface area contributed by atoms with Gasteiger partial charge in [0.2, 0.25) is 0 Å². The minimum absolute atomic E-state index is 0.129. The van der Waals surface area contributed by atoms with Gasteiger partial charge >= 0.3 is 0 Å². The Hall–Kier alpha value is -1.26. The summed E-state index contributed by atoms with van der Waals surface area (Å²) in [6, 6.07) is 4.05. The number of furan rings is 1. The highest BCUT2D eigenvalue weighted by atomic mass is 35.5. The number of halogens is 1. The van der Waals surface area contributed by atoms with Crippen LogP contribution in [0.4, 0.5) is 0 Å². The summed E-state index contributed by atoms with van der Waals surface area (Å²) in [5, 5.41) is 8.75. The van der Waals surface area contributed by atoms with Crippen molar-refractivity contribution >= 4 is 11.6 Å². The lowest BCUT2D eigenvalue weighted by molar-refractivity contribution is 0.403. The second kappa shape index (κ2) is 6.95. The summed E-state index contributed by atoms with van der Waals surface area (Å²) in [5.74, 6) is 0.941. The summed E-state index contributed by atoms with van der Waals surface area (Å²) >= 11 is 6.39. The molecular weight excluding hydrogens is 274 g/mol. The molecule has 1 atom stereocenters. The Bertz CT molecular complexity index is 534. The van der Waals surface area contributed by atoms with E-state index in [1.165, 1.54) is 0 Å². The maximum Gasteiger partial charge on any atom is 0.121 e. The predicted molar refractivity (Wildman–Crippen MR) is 81.1 cm³/mol. The fraction of sp³-hybridized carbons (Fsp3) is 0.533. The molecule has 0 saturated heterocycles. The quantitative estimate of drug-likeness (QED) is 0.846. The minimum atomic E-state index is 0.129. The molecule has 2 aromatic rings. The van der Waals surface area contributed by atoms with Crippen molar-refractivity contribution < 1.29 is 4.42 Å². The van der Waals surface area contributed by atoms with E-state index in [1.54, 1.807) is 6.26 Å². The Morgan fingerprint density at radius 1 is 1.45 bits per heavy atom. The molecule has 0 spiro atoms. The molecule has 2 aromatic heterocycles. The van der Waals surface area contributed by atoms with Crippen molar-refractivity contribution in [2.45, 2.75) is 46.2 Å². The zero-order valence-electron chi connectivity index (χ0n) is 12.3. The molecule has 0 fully saturated rings. The predicted octanol–water partition coefficient (Wildman–Crippen LogP) is 3.74. The largest absolute Gasteiger partial charge is 0.468 e. The summed E-state index contributed by atoms with van der Waals surface area (Å²) in [7, 11) is 0. The molecule has 1 unspecified atom stereocenters. The Morgan fingerprint density at radius 2 is 2.25 bits per heavy atom. The smallest absolute Gasteiger partial charge is 0.121 e. The second-order valence-electron chi connectivity index (χ2n) is 4.89. The zero-order chi connectivity index (χ0) is 14.5. The van der Waals surface area contributed by atoms with Crippen LogP contribution in [0.5, 0.6) is 0 Å². The lowest BCUT2D eigenvalue weighted by Crippen LogP contribution is -2.25. The third-order valence-corrected chi connectivity index (χ3v) is 3.87. The average Bonchev–Trinajstić information content (AvgIpc) is 3.06.